The van der Waals surface area contributed by atoms with Crippen molar-refractivity contribution in [3.05, 3.63) is 44.5 Å². The first kappa shape index (κ1) is 15.6. The van der Waals surface area contributed by atoms with Gasteiger partial charge >= 0.3 is 5.91 Å². The average Bonchev–Trinajstić information content (AvgIpc) is 2.86. The number of hydrogen-bond acceptors (Lipinski definition) is 4. The average molecular weight is 349 g/mol. The Morgan fingerprint density at radius 1 is 1.38 bits per heavy atom. The van der Waals surface area contributed by atoms with E-state index in [1.807, 2.05) is 0 Å². The van der Waals surface area contributed by atoms with Crippen LogP contribution in [0.3, 0.4) is 0 Å². The Kier molecular flexibility index (Phi) is 4.72. The van der Waals surface area contributed by atoms with E-state index in [0.29, 0.717) is 5.76 Å². The van der Waals surface area contributed by atoms with Crippen LogP contribution in [0.25, 0.3) is 0 Å². The summed E-state index contributed by atoms with van der Waals surface area (Å²) in [6, 6.07) is 3.48. The van der Waals surface area contributed by atoms with E-state index in [1.54, 1.807) is 19.1 Å². The monoisotopic (exact) mass is 347 g/mol. The molecule has 0 aliphatic carbocycles. The van der Waals surface area contributed by atoms with E-state index in [4.69, 9.17) is 45.0 Å². The number of nitrogens with zero attached hydrogens (tertiary/aromatic N) is 1. The molecule has 0 aliphatic rings. The van der Waals surface area contributed by atoms with Crippen LogP contribution in [0.15, 0.2) is 21.7 Å². The molecule has 110 valence electrons. The minimum Gasteiger partial charge on any atom is -0.460 e. The maximum Gasteiger partial charge on any atom is 0.337 e. The molecule has 4 N–H and O–H groups in total. The number of nitrogen functional groups attached to an aromatic ring is 1. The second-order valence-electron chi connectivity index (χ2n) is 4.00. The quantitative estimate of drug-likeness (QED) is 0.507. The van der Waals surface area contributed by atoms with Crippen molar-refractivity contribution in [1.29, 1.82) is 0 Å². The second kappa shape index (κ2) is 6.34. The molecule has 0 fully saturated rings. The number of anilines is 1. The van der Waals surface area contributed by atoms with Gasteiger partial charge in [0.15, 0.2) is 0 Å². The molecule has 2 aromatic rings. The number of hydrazone groups is 1. The van der Waals surface area contributed by atoms with Crippen molar-refractivity contribution in [2.24, 2.45) is 5.10 Å². The zero-order chi connectivity index (χ0) is 15.6. The molecule has 0 unspecified atom stereocenters. The van der Waals surface area contributed by atoms with Crippen molar-refractivity contribution >= 4 is 52.6 Å². The fourth-order valence-corrected chi connectivity index (χ4v) is 2.07. The molecular weight excluding hydrogens is 339 g/mol. The Balaban J connectivity index is 2.16. The number of H-pyrrole nitrogens is 1. The number of nitrogens with one attached hydrogen (secondary N) is 2. The minimum atomic E-state index is -0.621. The molecule has 0 aliphatic heterocycles. The van der Waals surface area contributed by atoms with Crippen LogP contribution in [0, 0.1) is 6.92 Å². The fraction of sp³-hybridized carbons (Fsp3) is 0.0833. The van der Waals surface area contributed by atoms with Gasteiger partial charge in [-0.05, 0) is 30.7 Å². The van der Waals surface area contributed by atoms with Gasteiger partial charge in [-0.15, -0.1) is 0 Å². The number of aryl methyl sites for hydroxylation is 1. The summed E-state index contributed by atoms with van der Waals surface area (Å²) in [5, 5.41) is 3.76. The van der Waals surface area contributed by atoms with E-state index in [1.165, 1.54) is 6.21 Å². The molecule has 2 heterocycles. The number of rotatable bonds is 3. The minimum absolute atomic E-state index is 0.00866. The summed E-state index contributed by atoms with van der Waals surface area (Å²) in [4.78, 5) is 14.5. The van der Waals surface area contributed by atoms with Gasteiger partial charge in [-0.25, -0.2) is 5.43 Å². The van der Waals surface area contributed by atoms with Crippen LogP contribution in [-0.2, 0) is 0 Å². The lowest BCUT2D eigenvalue weighted by molar-refractivity contribution is -0.379. The van der Waals surface area contributed by atoms with Crippen molar-refractivity contribution in [2.75, 3.05) is 5.73 Å². The fourth-order valence-electron chi connectivity index (χ4n) is 1.46. The summed E-state index contributed by atoms with van der Waals surface area (Å²) in [6.45, 7) is 1.79. The molecule has 0 aromatic carbocycles. The summed E-state index contributed by atoms with van der Waals surface area (Å²) in [7, 11) is 0. The van der Waals surface area contributed by atoms with Crippen molar-refractivity contribution in [3.63, 3.8) is 0 Å². The van der Waals surface area contributed by atoms with E-state index in [-0.39, 0.29) is 26.6 Å². The highest BCUT2D eigenvalue weighted by Crippen LogP contribution is 2.31. The lowest BCUT2D eigenvalue weighted by atomic mass is 10.3. The Hall–Kier alpha value is -1.76. The Labute approximate surface area is 134 Å². The molecule has 0 saturated heterocycles. The van der Waals surface area contributed by atoms with Gasteiger partial charge in [0.05, 0.1) is 11.9 Å². The highest BCUT2D eigenvalue weighted by atomic mass is 35.5. The van der Waals surface area contributed by atoms with Gasteiger partial charge in [-0.2, -0.15) is 10.1 Å². The number of carbonyl (C=O) groups excluding carboxylic acids is 1. The molecular formula is C12H10Cl3N4O2+. The molecule has 2 aromatic heterocycles. The largest absolute Gasteiger partial charge is 0.460 e. The number of aromatic nitrogens is 1. The maximum atomic E-state index is 11.9. The number of halogens is 3. The lowest BCUT2D eigenvalue weighted by Crippen LogP contribution is -2.28. The van der Waals surface area contributed by atoms with Gasteiger partial charge in [-0.3, -0.25) is 4.79 Å². The summed E-state index contributed by atoms with van der Waals surface area (Å²) >= 11 is 17.5. The Bertz CT molecular complexity index is 728. The van der Waals surface area contributed by atoms with E-state index in [0.717, 1.165) is 5.76 Å². The van der Waals surface area contributed by atoms with Crippen LogP contribution < -0.4 is 16.1 Å². The van der Waals surface area contributed by atoms with Crippen LogP contribution >= 0.6 is 34.8 Å². The van der Waals surface area contributed by atoms with Gasteiger partial charge < -0.3 is 10.2 Å². The van der Waals surface area contributed by atoms with E-state index in [2.05, 4.69) is 15.5 Å². The summed E-state index contributed by atoms with van der Waals surface area (Å²) in [5.74, 6) is 0.609. The van der Waals surface area contributed by atoms with E-state index < -0.39 is 5.91 Å². The van der Waals surface area contributed by atoms with Gasteiger partial charge in [0.2, 0.25) is 0 Å². The first-order valence-corrected chi connectivity index (χ1v) is 6.78. The SMILES string of the molecule is Cc1ccc(/C=N/NC(=O)c2[nH+]c(Cl)c(Cl)c(N)c2Cl)o1. The molecule has 9 heteroatoms. The molecule has 1 amide bonds. The molecule has 2 rings (SSSR count). The normalized spacial score (nSPS) is 11.0. The van der Waals surface area contributed by atoms with Crippen LogP contribution in [0.2, 0.25) is 15.2 Å². The predicted octanol–water partition coefficient (Wildman–Crippen LogP) is 2.71. The number of nitrogens with two attached hydrogens (primary N) is 1. The van der Waals surface area contributed by atoms with Crippen LogP contribution in [0.1, 0.15) is 22.0 Å². The standard InChI is InChI=1S/C12H9Cl3N4O2/c1-5-2-3-6(21-5)4-17-19-12(20)10-7(13)9(16)8(14)11(15)18-10/h2-4H,1H3,(H2,16,18)(H,19,20)/p+1/b17-4+. The second-order valence-corrected chi connectivity index (χ2v) is 5.14. The van der Waals surface area contributed by atoms with Crippen LogP contribution in [-0.4, -0.2) is 12.1 Å². The first-order valence-electron chi connectivity index (χ1n) is 5.65. The number of furan rings is 1. The summed E-state index contributed by atoms with van der Waals surface area (Å²) in [6.07, 6.45) is 1.35. The zero-order valence-corrected chi connectivity index (χ0v) is 13.0. The molecule has 6 nitrogen and oxygen atoms in total. The van der Waals surface area contributed by atoms with Gasteiger partial charge in [0.1, 0.15) is 21.6 Å². The number of pyridine rings is 1. The highest BCUT2D eigenvalue weighted by molar-refractivity contribution is 6.45. The van der Waals surface area contributed by atoms with Crippen LogP contribution in [0.4, 0.5) is 5.69 Å². The van der Waals surface area contributed by atoms with Crippen molar-refractivity contribution in [1.82, 2.24) is 5.43 Å². The molecule has 21 heavy (non-hydrogen) atoms. The van der Waals surface area contributed by atoms with Crippen molar-refractivity contribution in [2.45, 2.75) is 6.92 Å². The lowest BCUT2D eigenvalue weighted by Gasteiger charge is -2.02. The molecule has 0 saturated carbocycles. The predicted molar refractivity (Wildman–Crippen MR) is 80.9 cm³/mol. The highest BCUT2D eigenvalue weighted by Gasteiger charge is 2.25. The third-order valence-electron chi connectivity index (χ3n) is 2.47. The third kappa shape index (κ3) is 3.47. The number of hydrogen-bond donors (Lipinski definition) is 2. The number of carbonyl (C=O) groups is 1. The first-order chi connectivity index (χ1) is 9.90. The zero-order valence-electron chi connectivity index (χ0n) is 10.7. The molecule has 0 radical (unpaired) electrons. The summed E-state index contributed by atoms with van der Waals surface area (Å²) < 4.78 is 5.26. The summed E-state index contributed by atoms with van der Waals surface area (Å²) in [5.41, 5.74) is 7.88. The van der Waals surface area contributed by atoms with E-state index >= 15 is 0 Å². The smallest absolute Gasteiger partial charge is 0.337 e. The van der Waals surface area contributed by atoms with Crippen LogP contribution in [0.5, 0.6) is 0 Å². The van der Waals surface area contributed by atoms with Gasteiger partial charge in [0.25, 0.3) is 10.8 Å². The number of aromatic amines is 1. The topological polar surface area (TPSA) is 94.8 Å². The van der Waals surface area contributed by atoms with Gasteiger partial charge in [-0.1, -0.05) is 23.2 Å². The number of amides is 1. The van der Waals surface area contributed by atoms with Gasteiger partial charge in [0, 0.05) is 0 Å². The van der Waals surface area contributed by atoms with E-state index in [9.17, 15) is 4.79 Å². The molecule has 0 atom stereocenters. The maximum absolute atomic E-state index is 11.9. The third-order valence-corrected chi connectivity index (χ3v) is 3.63. The van der Waals surface area contributed by atoms with Crippen molar-refractivity contribution < 1.29 is 14.2 Å². The molecule has 0 bridgehead atoms. The molecule has 0 spiro atoms. The Morgan fingerprint density at radius 3 is 2.71 bits per heavy atom. The van der Waals surface area contributed by atoms with Crippen molar-refractivity contribution in [3.8, 4) is 0 Å². The Morgan fingerprint density at radius 2 is 2.10 bits per heavy atom.